The maximum atomic E-state index is 13.2. The number of piperidine rings is 1. The maximum absolute atomic E-state index is 13.2. The van der Waals surface area contributed by atoms with Crippen LogP contribution in [0, 0.1) is 11.3 Å². The van der Waals surface area contributed by atoms with Crippen molar-refractivity contribution in [2.75, 3.05) is 39.9 Å². The zero-order chi connectivity index (χ0) is 34.7. The van der Waals surface area contributed by atoms with Crippen LogP contribution in [0.15, 0.2) is 72.8 Å². The molecular formula is C37H45F3N2O6. The molecule has 0 bridgehead atoms. The van der Waals surface area contributed by atoms with Crippen LogP contribution in [0.3, 0.4) is 0 Å². The third-order valence-corrected chi connectivity index (χ3v) is 8.70. The van der Waals surface area contributed by atoms with Crippen LogP contribution >= 0.6 is 0 Å². The molecule has 2 aliphatic heterocycles. The minimum Gasteiger partial charge on any atom is -0.493 e. The maximum Gasteiger partial charge on any atom is 0.490 e. The first kappa shape index (κ1) is 36.6. The number of methoxy groups -OCH3 is 1. The summed E-state index contributed by atoms with van der Waals surface area (Å²) in [4.78, 5) is 26.8. The molecule has 3 aromatic carbocycles. The van der Waals surface area contributed by atoms with Gasteiger partial charge in [-0.2, -0.15) is 13.2 Å². The van der Waals surface area contributed by atoms with E-state index in [0.29, 0.717) is 35.9 Å². The van der Waals surface area contributed by atoms with E-state index < -0.39 is 12.1 Å². The van der Waals surface area contributed by atoms with Crippen LogP contribution < -0.4 is 14.2 Å². The number of nitrogens with zero attached hydrogens (tertiary/aromatic N) is 2. The van der Waals surface area contributed by atoms with E-state index in [1.807, 2.05) is 48.5 Å². The molecule has 1 N–H and O–H groups in total. The number of benzene rings is 3. The summed E-state index contributed by atoms with van der Waals surface area (Å²) in [5.74, 6) is 0.290. The van der Waals surface area contributed by atoms with Crippen molar-refractivity contribution in [3.63, 3.8) is 0 Å². The van der Waals surface area contributed by atoms with Crippen molar-refractivity contribution in [2.24, 2.45) is 11.3 Å². The second kappa shape index (κ2) is 16.7. The summed E-state index contributed by atoms with van der Waals surface area (Å²) in [6.07, 6.45) is -1.38. The fourth-order valence-corrected chi connectivity index (χ4v) is 6.04. The van der Waals surface area contributed by atoms with Gasteiger partial charge in [0.1, 0.15) is 12.4 Å². The van der Waals surface area contributed by atoms with Gasteiger partial charge in [0.15, 0.2) is 11.5 Å². The molecule has 1 amide bonds. The topological polar surface area (TPSA) is 88.5 Å². The molecule has 2 heterocycles. The predicted octanol–water partition coefficient (Wildman–Crippen LogP) is 7.00. The highest BCUT2D eigenvalue weighted by molar-refractivity contribution is 5.79. The van der Waals surface area contributed by atoms with Crippen molar-refractivity contribution in [1.29, 1.82) is 0 Å². The van der Waals surface area contributed by atoms with Crippen molar-refractivity contribution < 1.29 is 42.1 Å². The molecule has 2 aliphatic rings. The summed E-state index contributed by atoms with van der Waals surface area (Å²) in [5, 5.41) is 7.12. The zero-order valence-corrected chi connectivity index (χ0v) is 27.8. The Morgan fingerprint density at radius 1 is 0.854 bits per heavy atom. The van der Waals surface area contributed by atoms with Crippen molar-refractivity contribution in [1.82, 2.24) is 9.80 Å². The van der Waals surface area contributed by atoms with Crippen LogP contribution in [0.1, 0.15) is 49.8 Å². The van der Waals surface area contributed by atoms with E-state index in [4.69, 9.17) is 24.1 Å². The van der Waals surface area contributed by atoms with Gasteiger partial charge < -0.3 is 24.2 Å². The minimum atomic E-state index is -5.08. The number of hydrogen-bond donors (Lipinski definition) is 1. The molecule has 2 fully saturated rings. The van der Waals surface area contributed by atoms with Crippen molar-refractivity contribution >= 4 is 11.9 Å². The molecule has 1 spiro atoms. The van der Waals surface area contributed by atoms with E-state index in [-0.39, 0.29) is 5.91 Å². The Hall–Kier alpha value is -4.25. The van der Waals surface area contributed by atoms with Gasteiger partial charge in [0.25, 0.3) is 0 Å². The fourth-order valence-electron chi connectivity index (χ4n) is 6.04. The lowest BCUT2D eigenvalue weighted by molar-refractivity contribution is -0.192. The molecule has 8 nitrogen and oxygen atoms in total. The number of carbonyl (C=O) groups excluding carboxylic acids is 1. The molecule has 11 heteroatoms. The minimum absolute atomic E-state index is 0.186. The average Bonchev–Trinajstić information content (AvgIpc) is 3.45. The molecule has 0 unspecified atom stereocenters. The molecule has 0 aliphatic carbocycles. The Kier molecular flexibility index (Phi) is 12.7. The molecule has 260 valence electrons. The lowest BCUT2D eigenvalue weighted by Gasteiger charge is -2.39. The standard InChI is InChI=1S/C35H44N2O4.C2HF3O2/c1-27(2)24-40-31-12-8-7-11-30(31)23-36-18-15-35(26-36)16-19-37(20-17-35)34(38)22-29-13-14-32(33(21-29)39-3)41-25-28-9-5-4-6-10-28;3-2(4,5)1(6)7/h4-14,21,27H,15-20,22-26H2,1-3H3;(H,6,7). The summed E-state index contributed by atoms with van der Waals surface area (Å²) in [6.45, 7) is 10.3. The van der Waals surface area contributed by atoms with Gasteiger partial charge >= 0.3 is 12.1 Å². The van der Waals surface area contributed by atoms with Gasteiger partial charge in [0.2, 0.25) is 5.91 Å². The summed E-state index contributed by atoms with van der Waals surface area (Å²) < 4.78 is 49.4. The number of ether oxygens (including phenoxy) is 3. The number of rotatable bonds is 11. The fraction of sp³-hybridized carbons (Fsp3) is 0.459. The Morgan fingerprint density at radius 2 is 1.50 bits per heavy atom. The Morgan fingerprint density at radius 3 is 2.15 bits per heavy atom. The van der Waals surface area contributed by atoms with E-state index in [1.54, 1.807) is 7.11 Å². The number of carboxylic acids is 1. The van der Waals surface area contributed by atoms with E-state index in [9.17, 15) is 18.0 Å². The first-order valence-electron chi connectivity index (χ1n) is 16.2. The zero-order valence-electron chi connectivity index (χ0n) is 27.8. The van der Waals surface area contributed by atoms with Crippen LogP contribution in [0.25, 0.3) is 0 Å². The molecule has 0 atom stereocenters. The Labute approximate surface area is 280 Å². The van der Waals surface area contributed by atoms with Gasteiger partial charge in [-0.05, 0) is 66.5 Å². The molecule has 2 saturated heterocycles. The van der Waals surface area contributed by atoms with Gasteiger partial charge in [-0.1, -0.05) is 68.4 Å². The van der Waals surface area contributed by atoms with Crippen LogP contribution in [0.5, 0.6) is 17.2 Å². The number of amides is 1. The number of carboxylic acid groups (broad SMARTS) is 1. The van der Waals surface area contributed by atoms with Crippen LogP contribution in [-0.4, -0.2) is 72.9 Å². The van der Waals surface area contributed by atoms with E-state index in [2.05, 4.69) is 47.9 Å². The quantitative estimate of drug-likeness (QED) is 0.235. The van der Waals surface area contributed by atoms with E-state index in [1.165, 1.54) is 12.0 Å². The molecular weight excluding hydrogens is 625 g/mol. The molecule has 0 aromatic heterocycles. The number of aliphatic carboxylic acids is 1. The van der Waals surface area contributed by atoms with Crippen molar-refractivity contribution in [3.8, 4) is 17.2 Å². The van der Waals surface area contributed by atoms with Crippen LogP contribution in [0.4, 0.5) is 13.2 Å². The third kappa shape index (κ3) is 10.6. The normalized spacial score (nSPS) is 15.9. The Bertz CT molecular complexity index is 1490. The SMILES string of the molecule is COc1cc(CC(=O)N2CCC3(CCN(Cc4ccccc4OCC(C)C)C3)CC2)ccc1OCc1ccccc1.O=C(O)C(F)(F)F. The molecule has 3 aromatic rings. The van der Waals surface area contributed by atoms with Gasteiger partial charge in [0.05, 0.1) is 20.1 Å². The Balaban J connectivity index is 0.000000671. The lowest BCUT2D eigenvalue weighted by atomic mass is 9.77. The highest BCUT2D eigenvalue weighted by Crippen LogP contribution is 2.41. The summed E-state index contributed by atoms with van der Waals surface area (Å²) >= 11 is 0. The molecule has 0 radical (unpaired) electrons. The largest absolute Gasteiger partial charge is 0.493 e. The second-order valence-corrected chi connectivity index (χ2v) is 12.9. The average molecular weight is 671 g/mol. The molecule has 5 rings (SSSR count). The number of alkyl halides is 3. The number of para-hydroxylation sites is 1. The van der Waals surface area contributed by atoms with Gasteiger partial charge in [-0.15, -0.1) is 0 Å². The second-order valence-electron chi connectivity index (χ2n) is 12.9. The number of carbonyl (C=O) groups is 2. The summed E-state index contributed by atoms with van der Waals surface area (Å²) in [5.41, 5.74) is 3.63. The van der Waals surface area contributed by atoms with Crippen molar-refractivity contribution in [2.45, 2.75) is 58.9 Å². The highest BCUT2D eigenvalue weighted by atomic mass is 19.4. The number of hydrogen-bond acceptors (Lipinski definition) is 6. The first-order valence-corrected chi connectivity index (χ1v) is 16.2. The smallest absolute Gasteiger partial charge is 0.490 e. The highest BCUT2D eigenvalue weighted by Gasteiger charge is 2.41. The predicted molar refractivity (Wildman–Crippen MR) is 176 cm³/mol. The lowest BCUT2D eigenvalue weighted by Crippen LogP contribution is -2.44. The number of halogens is 3. The van der Waals surface area contributed by atoms with Crippen LogP contribution in [-0.2, 0) is 29.2 Å². The first-order chi connectivity index (χ1) is 22.9. The van der Waals surface area contributed by atoms with Gasteiger partial charge in [-0.25, -0.2) is 4.79 Å². The molecule has 48 heavy (non-hydrogen) atoms. The third-order valence-electron chi connectivity index (χ3n) is 8.70. The summed E-state index contributed by atoms with van der Waals surface area (Å²) in [6, 6.07) is 24.3. The van der Waals surface area contributed by atoms with E-state index in [0.717, 1.165) is 69.0 Å². The monoisotopic (exact) mass is 670 g/mol. The number of likely N-dealkylation sites (tertiary alicyclic amines) is 2. The van der Waals surface area contributed by atoms with E-state index >= 15 is 0 Å². The van der Waals surface area contributed by atoms with Crippen molar-refractivity contribution in [3.05, 3.63) is 89.5 Å². The van der Waals surface area contributed by atoms with Crippen LogP contribution in [0.2, 0.25) is 0 Å². The molecule has 0 saturated carbocycles. The van der Waals surface area contributed by atoms with Gasteiger partial charge in [0, 0.05) is 31.7 Å². The summed E-state index contributed by atoms with van der Waals surface area (Å²) in [7, 11) is 1.64. The van der Waals surface area contributed by atoms with Gasteiger partial charge in [-0.3, -0.25) is 9.69 Å².